The summed E-state index contributed by atoms with van der Waals surface area (Å²) < 4.78 is 13.1. The highest BCUT2D eigenvalue weighted by Gasteiger charge is 2.16. The minimum absolute atomic E-state index is 0.156. The van der Waals surface area contributed by atoms with Crippen LogP contribution in [-0.2, 0) is 0 Å². The Morgan fingerprint density at radius 2 is 2.33 bits per heavy atom. The predicted molar refractivity (Wildman–Crippen MR) is 60.7 cm³/mol. The standard InChI is InChI=1S/C12H17FN2/c1-10-9-14-6-3-7-15(10)12-5-2-4-11(13)8-12/h2,4-5,8,10,14H,3,6-7,9H2,1H3. The average Bonchev–Trinajstić information content (AvgIpc) is 2.43. The van der Waals surface area contributed by atoms with Crippen LogP contribution in [0.15, 0.2) is 24.3 Å². The summed E-state index contributed by atoms with van der Waals surface area (Å²) in [7, 11) is 0. The Morgan fingerprint density at radius 1 is 1.47 bits per heavy atom. The van der Waals surface area contributed by atoms with E-state index in [1.165, 1.54) is 6.07 Å². The summed E-state index contributed by atoms with van der Waals surface area (Å²) >= 11 is 0. The first-order valence-corrected chi connectivity index (χ1v) is 5.50. The van der Waals surface area contributed by atoms with Gasteiger partial charge in [0.1, 0.15) is 5.82 Å². The molecule has 1 aromatic carbocycles. The molecular weight excluding hydrogens is 191 g/mol. The van der Waals surface area contributed by atoms with Gasteiger partial charge in [-0.3, -0.25) is 0 Å². The lowest BCUT2D eigenvalue weighted by molar-refractivity contribution is 0.614. The number of hydrogen-bond acceptors (Lipinski definition) is 2. The molecule has 2 nitrogen and oxygen atoms in total. The average molecular weight is 208 g/mol. The molecule has 1 aliphatic heterocycles. The fourth-order valence-corrected chi connectivity index (χ4v) is 2.05. The van der Waals surface area contributed by atoms with Crippen LogP contribution in [0.2, 0.25) is 0 Å². The van der Waals surface area contributed by atoms with Crippen molar-refractivity contribution in [1.82, 2.24) is 5.32 Å². The molecule has 82 valence electrons. The summed E-state index contributed by atoms with van der Waals surface area (Å²) in [6.45, 7) is 5.19. The zero-order valence-corrected chi connectivity index (χ0v) is 9.04. The zero-order valence-electron chi connectivity index (χ0n) is 9.04. The number of halogens is 1. The molecule has 1 heterocycles. The highest BCUT2D eigenvalue weighted by Crippen LogP contribution is 2.19. The van der Waals surface area contributed by atoms with Gasteiger partial charge in [-0.1, -0.05) is 6.07 Å². The molecule has 0 aliphatic carbocycles. The molecule has 3 heteroatoms. The van der Waals surface area contributed by atoms with Gasteiger partial charge in [-0.2, -0.15) is 0 Å². The fourth-order valence-electron chi connectivity index (χ4n) is 2.05. The maximum atomic E-state index is 13.1. The molecule has 2 rings (SSSR count). The number of nitrogens with one attached hydrogen (secondary N) is 1. The molecule has 0 radical (unpaired) electrons. The molecule has 0 spiro atoms. The molecular formula is C12H17FN2. The third kappa shape index (κ3) is 2.48. The van der Waals surface area contributed by atoms with Crippen LogP contribution in [0, 0.1) is 5.82 Å². The second kappa shape index (κ2) is 4.62. The van der Waals surface area contributed by atoms with Crippen molar-refractivity contribution < 1.29 is 4.39 Å². The SMILES string of the molecule is CC1CNCCCN1c1cccc(F)c1. The highest BCUT2D eigenvalue weighted by molar-refractivity contribution is 5.47. The van der Waals surface area contributed by atoms with Gasteiger partial charge in [-0.25, -0.2) is 4.39 Å². The lowest BCUT2D eigenvalue weighted by atomic mass is 10.2. The number of benzene rings is 1. The normalized spacial score (nSPS) is 22.5. The topological polar surface area (TPSA) is 15.3 Å². The van der Waals surface area contributed by atoms with E-state index >= 15 is 0 Å². The second-order valence-electron chi connectivity index (χ2n) is 4.08. The van der Waals surface area contributed by atoms with E-state index in [1.807, 2.05) is 6.07 Å². The van der Waals surface area contributed by atoms with Crippen molar-refractivity contribution in [2.45, 2.75) is 19.4 Å². The summed E-state index contributed by atoms with van der Waals surface area (Å²) in [4.78, 5) is 2.27. The Balaban J connectivity index is 2.20. The van der Waals surface area contributed by atoms with Gasteiger partial charge >= 0.3 is 0 Å². The Morgan fingerprint density at radius 3 is 3.13 bits per heavy atom. The van der Waals surface area contributed by atoms with E-state index in [-0.39, 0.29) is 5.82 Å². The number of hydrogen-bond donors (Lipinski definition) is 1. The highest BCUT2D eigenvalue weighted by atomic mass is 19.1. The van der Waals surface area contributed by atoms with Crippen molar-refractivity contribution in [1.29, 1.82) is 0 Å². The largest absolute Gasteiger partial charge is 0.367 e. The molecule has 1 fully saturated rings. The first-order valence-electron chi connectivity index (χ1n) is 5.50. The maximum absolute atomic E-state index is 13.1. The molecule has 0 aromatic heterocycles. The van der Waals surface area contributed by atoms with E-state index in [2.05, 4.69) is 17.1 Å². The third-order valence-corrected chi connectivity index (χ3v) is 2.86. The Bertz CT molecular complexity index is 327. The second-order valence-corrected chi connectivity index (χ2v) is 4.08. The van der Waals surface area contributed by atoms with E-state index in [4.69, 9.17) is 0 Å². The summed E-state index contributed by atoms with van der Waals surface area (Å²) in [6, 6.07) is 7.28. The van der Waals surface area contributed by atoms with E-state index in [0.29, 0.717) is 6.04 Å². The van der Waals surface area contributed by atoms with Crippen LogP contribution in [-0.4, -0.2) is 25.7 Å². The molecule has 1 N–H and O–H groups in total. The van der Waals surface area contributed by atoms with Gasteiger partial charge in [0.25, 0.3) is 0 Å². The van der Waals surface area contributed by atoms with Crippen molar-refractivity contribution in [3.63, 3.8) is 0 Å². The van der Waals surface area contributed by atoms with E-state index < -0.39 is 0 Å². The first-order chi connectivity index (χ1) is 7.27. The maximum Gasteiger partial charge on any atom is 0.125 e. The Hall–Kier alpha value is -1.09. The van der Waals surface area contributed by atoms with Gasteiger partial charge in [-0.05, 0) is 38.1 Å². The van der Waals surface area contributed by atoms with Crippen LogP contribution < -0.4 is 10.2 Å². The smallest absolute Gasteiger partial charge is 0.125 e. The van der Waals surface area contributed by atoms with Gasteiger partial charge < -0.3 is 10.2 Å². The van der Waals surface area contributed by atoms with Crippen molar-refractivity contribution in [2.24, 2.45) is 0 Å². The molecule has 1 aromatic rings. The predicted octanol–water partition coefficient (Wildman–Crippen LogP) is 2.01. The van der Waals surface area contributed by atoms with Crippen LogP contribution in [0.25, 0.3) is 0 Å². The van der Waals surface area contributed by atoms with Crippen molar-refractivity contribution in [3.05, 3.63) is 30.1 Å². The monoisotopic (exact) mass is 208 g/mol. The summed E-state index contributed by atoms with van der Waals surface area (Å²) in [5.41, 5.74) is 0.992. The van der Waals surface area contributed by atoms with Crippen LogP contribution in [0.4, 0.5) is 10.1 Å². The minimum Gasteiger partial charge on any atom is -0.367 e. The number of anilines is 1. The molecule has 1 aliphatic rings. The van der Waals surface area contributed by atoms with Crippen LogP contribution >= 0.6 is 0 Å². The quantitative estimate of drug-likeness (QED) is 0.759. The number of rotatable bonds is 1. The van der Waals surface area contributed by atoms with E-state index in [9.17, 15) is 4.39 Å². The van der Waals surface area contributed by atoms with E-state index in [0.717, 1.165) is 31.7 Å². The summed E-state index contributed by atoms with van der Waals surface area (Å²) in [5.74, 6) is -0.156. The molecule has 0 saturated carbocycles. The zero-order chi connectivity index (χ0) is 10.7. The van der Waals surface area contributed by atoms with Gasteiger partial charge in [0, 0.05) is 24.8 Å². The van der Waals surface area contributed by atoms with Crippen molar-refractivity contribution in [3.8, 4) is 0 Å². The molecule has 1 saturated heterocycles. The van der Waals surface area contributed by atoms with Crippen molar-refractivity contribution >= 4 is 5.69 Å². The van der Waals surface area contributed by atoms with E-state index in [1.54, 1.807) is 12.1 Å². The lowest BCUT2D eigenvalue weighted by Gasteiger charge is -2.29. The Labute approximate surface area is 90.1 Å². The number of nitrogens with zero attached hydrogens (tertiary/aromatic N) is 1. The third-order valence-electron chi connectivity index (χ3n) is 2.86. The molecule has 0 amide bonds. The molecule has 1 atom stereocenters. The van der Waals surface area contributed by atoms with Crippen LogP contribution in [0.3, 0.4) is 0 Å². The van der Waals surface area contributed by atoms with Gasteiger partial charge in [-0.15, -0.1) is 0 Å². The van der Waals surface area contributed by atoms with Crippen molar-refractivity contribution in [2.75, 3.05) is 24.5 Å². The van der Waals surface area contributed by atoms with Crippen LogP contribution in [0.1, 0.15) is 13.3 Å². The molecule has 1 unspecified atom stereocenters. The fraction of sp³-hybridized carbons (Fsp3) is 0.500. The first kappa shape index (κ1) is 10.4. The molecule has 0 bridgehead atoms. The molecule has 15 heavy (non-hydrogen) atoms. The van der Waals surface area contributed by atoms with Gasteiger partial charge in [0.05, 0.1) is 0 Å². The Kier molecular flexibility index (Phi) is 3.21. The van der Waals surface area contributed by atoms with Gasteiger partial charge in [0.2, 0.25) is 0 Å². The van der Waals surface area contributed by atoms with Crippen LogP contribution in [0.5, 0.6) is 0 Å². The van der Waals surface area contributed by atoms with Gasteiger partial charge in [0.15, 0.2) is 0 Å². The summed E-state index contributed by atoms with van der Waals surface area (Å²) in [6.07, 6.45) is 1.11. The summed E-state index contributed by atoms with van der Waals surface area (Å²) in [5, 5.41) is 3.38. The lowest BCUT2D eigenvalue weighted by Crippen LogP contribution is -2.37. The minimum atomic E-state index is -0.156.